The van der Waals surface area contributed by atoms with Crippen LogP contribution in [0.25, 0.3) is 0 Å². The van der Waals surface area contributed by atoms with E-state index in [0.29, 0.717) is 11.4 Å². The van der Waals surface area contributed by atoms with Gasteiger partial charge in [-0.25, -0.2) is 0 Å². The van der Waals surface area contributed by atoms with Crippen molar-refractivity contribution in [3.63, 3.8) is 0 Å². The van der Waals surface area contributed by atoms with Crippen LogP contribution in [0.5, 0.6) is 11.5 Å². The quantitative estimate of drug-likeness (QED) is 0.673. The summed E-state index contributed by atoms with van der Waals surface area (Å²) in [6, 6.07) is 21.1. The molecule has 3 aromatic carbocycles. The van der Waals surface area contributed by atoms with E-state index in [1.54, 1.807) is 49.7 Å². The summed E-state index contributed by atoms with van der Waals surface area (Å²) in [6.07, 6.45) is 1.74. The Bertz CT molecular complexity index is 934. The lowest BCUT2D eigenvalue weighted by molar-refractivity contribution is 0.102. The number of nitrogens with one attached hydrogen (secondary N) is 1. The maximum atomic E-state index is 12.3. The van der Waals surface area contributed by atoms with Gasteiger partial charge in [0.05, 0.1) is 18.4 Å². The molecule has 0 unspecified atom stereocenters. The number of anilines is 1. The molecule has 0 aliphatic carbocycles. The first-order valence-electron chi connectivity index (χ1n) is 8.03. The molecule has 130 valence electrons. The third-order valence-corrected chi connectivity index (χ3v) is 3.73. The highest BCUT2D eigenvalue weighted by atomic mass is 16.5. The number of nitrogens with zero attached hydrogens (tertiary/aromatic N) is 1. The second kappa shape index (κ2) is 7.98. The number of para-hydroxylation sites is 1. The Balaban J connectivity index is 1.72. The van der Waals surface area contributed by atoms with Gasteiger partial charge in [-0.2, -0.15) is 0 Å². The number of amides is 1. The van der Waals surface area contributed by atoms with E-state index in [2.05, 4.69) is 10.3 Å². The Hall–Kier alpha value is -3.60. The van der Waals surface area contributed by atoms with Crippen molar-refractivity contribution in [1.82, 2.24) is 0 Å². The van der Waals surface area contributed by atoms with E-state index in [0.717, 1.165) is 11.3 Å². The van der Waals surface area contributed by atoms with Gasteiger partial charge < -0.3 is 15.2 Å². The predicted octanol–water partition coefficient (Wildman–Crippen LogP) is 4.40. The van der Waals surface area contributed by atoms with Crippen molar-refractivity contribution in [2.24, 2.45) is 4.99 Å². The van der Waals surface area contributed by atoms with Gasteiger partial charge in [-0.15, -0.1) is 0 Å². The van der Waals surface area contributed by atoms with Crippen LogP contribution in [-0.2, 0) is 0 Å². The number of phenols is 1. The second-order valence-corrected chi connectivity index (χ2v) is 5.55. The van der Waals surface area contributed by atoms with Gasteiger partial charge in [0.2, 0.25) is 0 Å². The number of hydrogen-bond donors (Lipinski definition) is 2. The molecular weight excluding hydrogens is 328 g/mol. The zero-order valence-corrected chi connectivity index (χ0v) is 14.2. The van der Waals surface area contributed by atoms with E-state index in [1.165, 1.54) is 6.07 Å². The number of carbonyl (C=O) groups is 1. The van der Waals surface area contributed by atoms with Crippen molar-refractivity contribution in [2.45, 2.75) is 0 Å². The molecule has 0 radical (unpaired) electrons. The van der Waals surface area contributed by atoms with Gasteiger partial charge >= 0.3 is 0 Å². The summed E-state index contributed by atoms with van der Waals surface area (Å²) < 4.78 is 5.13. The number of rotatable bonds is 5. The fraction of sp³-hybridized carbons (Fsp3) is 0.0476. The molecule has 0 fully saturated rings. The minimum absolute atomic E-state index is 0.0568. The maximum absolute atomic E-state index is 12.3. The van der Waals surface area contributed by atoms with Crippen LogP contribution >= 0.6 is 0 Å². The summed E-state index contributed by atoms with van der Waals surface area (Å²) in [4.78, 5) is 16.7. The third-order valence-electron chi connectivity index (χ3n) is 3.73. The summed E-state index contributed by atoms with van der Waals surface area (Å²) in [5, 5.41) is 12.5. The first-order valence-corrected chi connectivity index (χ1v) is 8.03. The van der Waals surface area contributed by atoms with Crippen LogP contribution in [0.4, 0.5) is 11.4 Å². The summed E-state index contributed by atoms with van der Waals surface area (Å²) in [6.45, 7) is 0. The molecule has 5 heteroatoms. The number of ether oxygens (including phenoxy) is 1. The number of carbonyl (C=O) groups excluding carboxylic acids is 1. The summed E-state index contributed by atoms with van der Waals surface area (Å²) in [7, 11) is 1.62. The molecule has 0 atom stereocenters. The van der Waals surface area contributed by atoms with Crippen LogP contribution in [0.1, 0.15) is 15.9 Å². The van der Waals surface area contributed by atoms with Crippen LogP contribution in [0.15, 0.2) is 77.8 Å². The molecule has 2 N–H and O–H groups in total. The first kappa shape index (κ1) is 17.2. The highest BCUT2D eigenvalue weighted by molar-refractivity contribution is 6.06. The Labute approximate surface area is 151 Å². The standard InChI is InChI=1S/C21H18N2O3/c1-26-18-11-9-15(10-12-18)14-22-16-5-4-6-17(13-16)23-21(25)19-7-2-3-8-20(19)24/h2-14,24H,1H3,(H,23,25). The molecule has 0 saturated heterocycles. The molecule has 0 bridgehead atoms. The predicted molar refractivity (Wildman–Crippen MR) is 103 cm³/mol. The van der Waals surface area contributed by atoms with Gasteiger partial charge in [0.15, 0.2) is 0 Å². The van der Waals surface area contributed by atoms with Crippen molar-refractivity contribution < 1.29 is 14.6 Å². The van der Waals surface area contributed by atoms with Crippen LogP contribution in [0.2, 0.25) is 0 Å². The zero-order valence-electron chi connectivity index (χ0n) is 14.2. The highest BCUT2D eigenvalue weighted by Crippen LogP contribution is 2.21. The average molecular weight is 346 g/mol. The molecule has 0 aliphatic heterocycles. The molecule has 26 heavy (non-hydrogen) atoms. The van der Waals surface area contributed by atoms with E-state index in [1.807, 2.05) is 30.3 Å². The molecule has 3 aromatic rings. The van der Waals surface area contributed by atoms with Crippen molar-refractivity contribution >= 4 is 23.5 Å². The number of benzene rings is 3. The average Bonchev–Trinajstić information content (AvgIpc) is 2.67. The van der Waals surface area contributed by atoms with Gasteiger partial charge in [0, 0.05) is 11.9 Å². The van der Waals surface area contributed by atoms with E-state index >= 15 is 0 Å². The van der Waals surface area contributed by atoms with E-state index in [4.69, 9.17) is 4.74 Å². The Kier molecular flexibility index (Phi) is 5.29. The van der Waals surface area contributed by atoms with Crippen LogP contribution in [0.3, 0.4) is 0 Å². The SMILES string of the molecule is COc1ccc(C=Nc2cccc(NC(=O)c3ccccc3O)c2)cc1. The van der Waals surface area contributed by atoms with E-state index in [-0.39, 0.29) is 17.2 Å². The molecule has 0 heterocycles. The normalized spacial score (nSPS) is 10.7. The number of hydrogen-bond acceptors (Lipinski definition) is 4. The number of phenolic OH excluding ortho intramolecular Hbond substituents is 1. The lowest BCUT2D eigenvalue weighted by atomic mass is 10.2. The Morgan fingerprint density at radius 1 is 1.04 bits per heavy atom. The lowest BCUT2D eigenvalue weighted by Crippen LogP contribution is -2.11. The second-order valence-electron chi connectivity index (χ2n) is 5.55. The number of aliphatic imine (C=N–C) groups is 1. The first-order chi connectivity index (χ1) is 12.7. The molecule has 5 nitrogen and oxygen atoms in total. The van der Waals surface area contributed by atoms with Crippen molar-refractivity contribution in [2.75, 3.05) is 12.4 Å². The van der Waals surface area contributed by atoms with Gasteiger partial charge in [0.1, 0.15) is 11.5 Å². The Morgan fingerprint density at radius 2 is 1.81 bits per heavy atom. The van der Waals surface area contributed by atoms with Crippen molar-refractivity contribution in [3.8, 4) is 11.5 Å². The minimum atomic E-state index is -0.376. The molecule has 3 rings (SSSR count). The fourth-order valence-electron chi connectivity index (χ4n) is 2.37. The van der Waals surface area contributed by atoms with Gasteiger partial charge in [0.25, 0.3) is 5.91 Å². The third kappa shape index (κ3) is 4.27. The van der Waals surface area contributed by atoms with Crippen LogP contribution in [-0.4, -0.2) is 24.3 Å². The molecular formula is C21H18N2O3. The molecule has 0 spiro atoms. The smallest absolute Gasteiger partial charge is 0.259 e. The summed E-state index contributed by atoms with van der Waals surface area (Å²) in [5.74, 6) is 0.356. The van der Waals surface area contributed by atoms with Crippen LogP contribution in [0, 0.1) is 0 Å². The summed E-state index contributed by atoms with van der Waals surface area (Å²) >= 11 is 0. The maximum Gasteiger partial charge on any atom is 0.259 e. The van der Waals surface area contributed by atoms with E-state index in [9.17, 15) is 9.90 Å². The van der Waals surface area contributed by atoms with Crippen molar-refractivity contribution in [3.05, 3.63) is 83.9 Å². The molecule has 0 aliphatic rings. The Morgan fingerprint density at radius 3 is 2.54 bits per heavy atom. The van der Waals surface area contributed by atoms with Crippen molar-refractivity contribution in [1.29, 1.82) is 0 Å². The van der Waals surface area contributed by atoms with Gasteiger partial charge in [-0.3, -0.25) is 9.79 Å². The monoisotopic (exact) mass is 346 g/mol. The minimum Gasteiger partial charge on any atom is -0.507 e. The fourth-order valence-corrected chi connectivity index (χ4v) is 2.37. The van der Waals surface area contributed by atoms with E-state index < -0.39 is 0 Å². The lowest BCUT2D eigenvalue weighted by Gasteiger charge is -2.07. The molecule has 1 amide bonds. The summed E-state index contributed by atoms with van der Waals surface area (Å²) in [5.41, 5.74) is 2.47. The molecule has 0 saturated carbocycles. The number of aromatic hydroxyl groups is 1. The highest BCUT2D eigenvalue weighted by Gasteiger charge is 2.10. The largest absolute Gasteiger partial charge is 0.507 e. The van der Waals surface area contributed by atoms with Gasteiger partial charge in [-0.05, 0) is 60.2 Å². The zero-order chi connectivity index (χ0) is 18.4. The molecule has 0 aromatic heterocycles. The number of methoxy groups -OCH3 is 1. The van der Waals surface area contributed by atoms with Gasteiger partial charge in [-0.1, -0.05) is 18.2 Å². The van der Waals surface area contributed by atoms with Crippen LogP contribution < -0.4 is 10.1 Å². The topological polar surface area (TPSA) is 70.9 Å².